The van der Waals surface area contributed by atoms with Gasteiger partial charge in [0.25, 0.3) is 0 Å². The first-order valence-corrected chi connectivity index (χ1v) is 6.30. The molecule has 0 radical (unpaired) electrons. The van der Waals surface area contributed by atoms with Gasteiger partial charge in [0.15, 0.2) is 11.6 Å². The van der Waals surface area contributed by atoms with Gasteiger partial charge in [-0.25, -0.2) is 4.39 Å². The van der Waals surface area contributed by atoms with Gasteiger partial charge < -0.3 is 15.8 Å². The predicted molar refractivity (Wildman–Crippen MR) is 72.4 cm³/mol. The average Bonchev–Trinajstić information content (AvgIpc) is 2.30. The zero-order chi connectivity index (χ0) is 14.5. The van der Waals surface area contributed by atoms with E-state index >= 15 is 0 Å². The second-order valence-corrected chi connectivity index (χ2v) is 5.02. The van der Waals surface area contributed by atoms with Gasteiger partial charge in [-0.3, -0.25) is 4.79 Å². The number of primary amides is 1. The van der Waals surface area contributed by atoms with Crippen molar-refractivity contribution >= 4 is 5.91 Å². The smallest absolute Gasteiger partial charge is 0.237 e. The summed E-state index contributed by atoms with van der Waals surface area (Å²) >= 11 is 0. The van der Waals surface area contributed by atoms with Crippen LogP contribution >= 0.6 is 0 Å². The highest BCUT2D eigenvalue weighted by molar-refractivity contribution is 5.84. The molecule has 1 aromatic carbocycles. The van der Waals surface area contributed by atoms with Gasteiger partial charge in [-0.1, -0.05) is 12.1 Å². The number of halogens is 1. The van der Waals surface area contributed by atoms with Crippen LogP contribution in [-0.4, -0.2) is 24.1 Å². The third-order valence-corrected chi connectivity index (χ3v) is 2.85. The van der Waals surface area contributed by atoms with Crippen LogP contribution in [-0.2, 0) is 4.79 Å². The number of hydrogen-bond acceptors (Lipinski definition) is 3. The number of nitrogens with two attached hydrogens (primary N) is 1. The van der Waals surface area contributed by atoms with E-state index in [0.717, 1.165) is 0 Å². The first-order valence-electron chi connectivity index (χ1n) is 6.30. The molecule has 3 N–H and O–H groups in total. The van der Waals surface area contributed by atoms with Crippen molar-refractivity contribution < 1.29 is 13.9 Å². The number of carbonyl (C=O) groups is 1. The highest BCUT2D eigenvalue weighted by Gasteiger charge is 2.31. The van der Waals surface area contributed by atoms with Crippen LogP contribution in [0.3, 0.4) is 0 Å². The van der Waals surface area contributed by atoms with E-state index in [9.17, 15) is 9.18 Å². The summed E-state index contributed by atoms with van der Waals surface area (Å²) in [7, 11) is 0. The Morgan fingerprint density at radius 1 is 1.47 bits per heavy atom. The van der Waals surface area contributed by atoms with Crippen molar-refractivity contribution in [2.75, 3.05) is 6.61 Å². The van der Waals surface area contributed by atoms with Crippen molar-refractivity contribution in [1.29, 1.82) is 0 Å². The molecule has 106 valence electrons. The lowest BCUT2D eigenvalue weighted by Gasteiger charge is -2.29. The van der Waals surface area contributed by atoms with Crippen molar-refractivity contribution in [3.63, 3.8) is 0 Å². The second kappa shape index (κ2) is 6.52. The van der Waals surface area contributed by atoms with E-state index in [1.165, 1.54) is 6.07 Å². The van der Waals surface area contributed by atoms with Gasteiger partial charge in [0.2, 0.25) is 5.91 Å². The molecule has 0 aliphatic rings. The van der Waals surface area contributed by atoms with E-state index in [-0.39, 0.29) is 18.4 Å². The molecule has 1 atom stereocenters. The standard InChI is InChI=1S/C14H21FN2O2/c1-10(2)17-14(3,13(16)18)8-9-19-12-7-5-4-6-11(12)15/h4-7,10,17H,8-9H2,1-3H3,(H2,16,18). The molecule has 0 saturated carbocycles. The maximum absolute atomic E-state index is 13.3. The van der Waals surface area contributed by atoms with Crippen molar-refractivity contribution in [2.45, 2.75) is 38.8 Å². The summed E-state index contributed by atoms with van der Waals surface area (Å²) in [4.78, 5) is 11.5. The van der Waals surface area contributed by atoms with E-state index in [1.807, 2.05) is 13.8 Å². The lowest BCUT2D eigenvalue weighted by Crippen LogP contribution is -2.56. The number of carbonyl (C=O) groups excluding carboxylic acids is 1. The minimum absolute atomic E-state index is 0.117. The van der Waals surface area contributed by atoms with Crippen LogP contribution in [0.4, 0.5) is 4.39 Å². The lowest BCUT2D eigenvalue weighted by molar-refractivity contribution is -0.124. The monoisotopic (exact) mass is 268 g/mol. The van der Waals surface area contributed by atoms with E-state index in [1.54, 1.807) is 25.1 Å². The summed E-state index contributed by atoms with van der Waals surface area (Å²) in [5.74, 6) is -0.683. The number of benzene rings is 1. The topological polar surface area (TPSA) is 64.3 Å². The molecule has 19 heavy (non-hydrogen) atoms. The Hall–Kier alpha value is -1.62. The number of rotatable bonds is 7. The first-order chi connectivity index (χ1) is 8.85. The molecule has 1 amide bonds. The van der Waals surface area contributed by atoms with Crippen LogP contribution in [0.15, 0.2) is 24.3 Å². The number of hydrogen-bond donors (Lipinski definition) is 2. The van der Waals surface area contributed by atoms with Gasteiger partial charge in [0.05, 0.1) is 12.1 Å². The molecule has 0 aromatic heterocycles. The molecule has 0 aliphatic carbocycles. The summed E-state index contributed by atoms with van der Waals surface area (Å²) in [6.45, 7) is 5.79. The summed E-state index contributed by atoms with van der Waals surface area (Å²) in [6.07, 6.45) is 0.370. The third-order valence-electron chi connectivity index (χ3n) is 2.85. The molecule has 0 fully saturated rings. The molecule has 0 spiro atoms. The highest BCUT2D eigenvalue weighted by atomic mass is 19.1. The first kappa shape index (κ1) is 15.4. The maximum Gasteiger partial charge on any atom is 0.237 e. The lowest BCUT2D eigenvalue weighted by atomic mass is 9.96. The van der Waals surface area contributed by atoms with Gasteiger partial charge in [0, 0.05) is 12.5 Å². The van der Waals surface area contributed by atoms with Crippen LogP contribution in [0, 0.1) is 5.82 Å². The Labute approximate surface area is 113 Å². The van der Waals surface area contributed by atoms with Crippen molar-refractivity contribution in [2.24, 2.45) is 5.73 Å². The van der Waals surface area contributed by atoms with Gasteiger partial charge >= 0.3 is 0 Å². The number of para-hydroxylation sites is 1. The van der Waals surface area contributed by atoms with Crippen molar-refractivity contribution in [3.05, 3.63) is 30.1 Å². The van der Waals surface area contributed by atoms with Crippen molar-refractivity contribution in [3.8, 4) is 5.75 Å². The Kier molecular flexibility index (Phi) is 5.30. The minimum atomic E-state index is -0.862. The Morgan fingerprint density at radius 3 is 2.63 bits per heavy atom. The molecule has 1 rings (SSSR count). The number of ether oxygens (including phenoxy) is 1. The molecule has 1 unspecified atom stereocenters. The Morgan fingerprint density at radius 2 is 2.11 bits per heavy atom. The van der Waals surface area contributed by atoms with Gasteiger partial charge in [-0.2, -0.15) is 0 Å². The normalized spacial score (nSPS) is 14.2. The summed E-state index contributed by atoms with van der Waals surface area (Å²) in [6, 6.07) is 6.28. The molecule has 4 nitrogen and oxygen atoms in total. The largest absolute Gasteiger partial charge is 0.490 e. The number of amides is 1. The van der Waals surface area contributed by atoms with Crippen LogP contribution in [0.2, 0.25) is 0 Å². The van der Waals surface area contributed by atoms with E-state index in [2.05, 4.69) is 5.32 Å². The summed E-state index contributed by atoms with van der Waals surface area (Å²) in [5.41, 5.74) is 4.54. The highest BCUT2D eigenvalue weighted by Crippen LogP contribution is 2.17. The van der Waals surface area contributed by atoms with Crippen LogP contribution in [0.25, 0.3) is 0 Å². The average molecular weight is 268 g/mol. The number of nitrogens with one attached hydrogen (secondary N) is 1. The predicted octanol–water partition coefficient (Wildman–Crippen LogP) is 1.84. The van der Waals surface area contributed by atoms with Crippen molar-refractivity contribution in [1.82, 2.24) is 5.32 Å². The van der Waals surface area contributed by atoms with Crippen LogP contribution in [0.5, 0.6) is 5.75 Å². The third kappa shape index (κ3) is 4.52. The zero-order valence-electron chi connectivity index (χ0n) is 11.6. The maximum atomic E-state index is 13.3. The fourth-order valence-corrected chi connectivity index (χ4v) is 1.83. The van der Waals surface area contributed by atoms with Crippen LogP contribution in [0.1, 0.15) is 27.2 Å². The quantitative estimate of drug-likeness (QED) is 0.793. The molecule has 0 saturated heterocycles. The molecular weight excluding hydrogens is 247 g/mol. The molecular formula is C14H21FN2O2. The zero-order valence-corrected chi connectivity index (χ0v) is 11.6. The fraction of sp³-hybridized carbons (Fsp3) is 0.500. The second-order valence-electron chi connectivity index (χ2n) is 5.02. The van der Waals surface area contributed by atoms with E-state index in [4.69, 9.17) is 10.5 Å². The summed E-state index contributed by atoms with van der Waals surface area (Å²) in [5, 5.41) is 3.11. The van der Waals surface area contributed by atoms with Gasteiger partial charge in [-0.15, -0.1) is 0 Å². The van der Waals surface area contributed by atoms with E-state index < -0.39 is 17.3 Å². The van der Waals surface area contributed by atoms with Gasteiger partial charge in [0.1, 0.15) is 0 Å². The molecule has 1 aromatic rings. The molecule has 0 heterocycles. The Bertz CT molecular complexity index is 437. The molecule has 0 aliphatic heterocycles. The van der Waals surface area contributed by atoms with Gasteiger partial charge in [-0.05, 0) is 32.9 Å². The SMILES string of the molecule is CC(C)NC(C)(CCOc1ccccc1F)C(N)=O. The Balaban J connectivity index is 2.58. The molecule has 5 heteroatoms. The van der Waals surface area contributed by atoms with Crippen LogP contribution < -0.4 is 15.8 Å². The molecule has 0 bridgehead atoms. The fourth-order valence-electron chi connectivity index (χ4n) is 1.83. The van der Waals surface area contributed by atoms with E-state index in [0.29, 0.717) is 6.42 Å². The summed E-state index contributed by atoms with van der Waals surface area (Å²) < 4.78 is 18.7. The minimum Gasteiger partial charge on any atom is -0.490 e.